The van der Waals surface area contributed by atoms with Gasteiger partial charge in [0, 0.05) is 21.9 Å². The van der Waals surface area contributed by atoms with Crippen LogP contribution in [0.5, 0.6) is 0 Å². The minimum absolute atomic E-state index is 0.286. The highest BCUT2D eigenvalue weighted by Crippen LogP contribution is 2.44. The molecule has 130 valence electrons. The highest BCUT2D eigenvalue weighted by atomic mass is 32.1. The lowest BCUT2D eigenvalue weighted by atomic mass is 9.99. The monoisotopic (exact) mass is 364 g/mol. The summed E-state index contributed by atoms with van der Waals surface area (Å²) in [6.07, 6.45) is 1.71. The third-order valence-corrected chi connectivity index (χ3v) is 5.58. The maximum atomic E-state index is 12.3. The number of esters is 1. The quantitative estimate of drug-likeness (QED) is 0.649. The van der Waals surface area contributed by atoms with Crippen molar-refractivity contribution in [1.29, 1.82) is 0 Å². The summed E-state index contributed by atoms with van der Waals surface area (Å²) in [5.74, 6) is -0.286. The zero-order chi connectivity index (χ0) is 17.7. The van der Waals surface area contributed by atoms with Gasteiger partial charge in [0.05, 0.1) is 30.6 Å². The van der Waals surface area contributed by atoms with Gasteiger partial charge in [0.25, 0.3) is 0 Å². The van der Waals surface area contributed by atoms with Crippen molar-refractivity contribution in [2.75, 3.05) is 13.7 Å². The van der Waals surface area contributed by atoms with E-state index in [1.165, 1.54) is 7.11 Å². The molecule has 1 aromatic carbocycles. The second kappa shape index (κ2) is 5.93. The molecule has 5 rings (SSSR count). The summed E-state index contributed by atoms with van der Waals surface area (Å²) in [6.45, 7) is 0.297. The van der Waals surface area contributed by atoms with E-state index < -0.39 is 6.04 Å². The number of para-hydroxylation sites is 1. The number of benzene rings is 1. The van der Waals surface area contributed by atoms with Crippen molar-refractivity contribution in [2.24, 2.45) is 0 Å². The predicted molar refractivity (Wildman–Crippen MR) is 100 cm³/mol. The zero-order valence-corrected chi connectivity index (χ0v) is 14.9. The van der Waals surface area contributed by atoms with E-state index in [4.69, 9.17) is 14.5 Å². The number of ether oxygens (including phenoxy) is 2. The van der Waals surface area contributed by atoms with Crippen LogP contribution in [0, 0.1) is 0 Å². The smallest absolute Gasteiger partial charge is 0.331 e. The summed E-state index contributed by atoms with van der Waals surface area (Å²) in [5.41, 5.74) is 4.81. The molecule has 0 radical (unpaired) electrons. The van der Waals surface area contributed by atoms with E-state index >= 15 is 0 Å². The van der Waals surface area contributed by atoms with Gasteiger partial charge in [-0.3, -0.25) is 0 Å². The van der Waals surface area contributed by atoms with Crippen LogP contribution in [0.4, 0.5) is 0 Å². The van der Waals surface area contributed by atoms with Crippen LogP contribution in [0.25, 0.3) is 22.7 Å². The summed E-state index contributed by atoms with van der Waals surface area (Å²) < 4.78 is 11.1. The van der Waals surface area contributed by atoms with Crippen molar-refractivity contribution in [1.82, 2.24) is 9.88 Å². The lowest BCUT2D eigenvalue weighted by molar-refractivity contribution is -0.144. The van der Waals surface area contributed by atoms with Crippen molar-refractivity contribution in [3.05, 3.63) is 64.0 Å². The number of aromatic nitrogens is 1. The molecule has 2 aliphatic heterocycles. The number of carbonyl (C=O) groups is 1. The highest BCUT2D eigenvalue weighted by molar-refractivity contribution is 7.08. The van der Waals surface area contributed by atoms with E-state index in [0.717, 1.165) is 33.4 Å². The van der Waals surface area contributed by atoms with Crippen molar-refractivity contribution in [3.8, 4) is 0 Å². The average molecular weight is 364 g/mol. The molecule has 0 spiro atoms. The van der Waals surface area contributed by atoms with Gasteiger partial charge < -0.3 is 14.4 Å². The Hall–Kier alpha value is -2.70. The molecule has 2 aliphatic rings. The van der Waals surface area contributed by atoms with Crippen LogP contribution in [-0.2, 0) is 14.3 Å². The molecule has 0 saturated carbocycles. The molecule has 2 atom stereocenters. The molecule has 0 unspecified atom stereocenters. The van der Waals surface area contributed by atoms with Crippen LogP contribution in [0.15, 0.2) is 47.2 Å². The Morgan fingerprint density at radius 1 is 1.35 bits per heavy atom. The SMILES string of the molecule is COC(=O)[C@@H]1CO[C@H]2c3cc4ccccc4nc3C=C(c3ccsc3)N12. The third kappa shape index (κ3) is 2.26. The average Bonchev–Trinajstić information content (AvgIpc) is 3.35. The second-order valence-corrected chi connectivity index (χ2v) is 7.11. The summed E-state index contributed by atoms with van der Waals surface area (Å²) in [5, 5.41) is 5.16. The fourth-order valence-corrected chi connectivity index (χ4v) is 4.31. The largest absolute Gasteiger partial charge is 0.467 e. The number of methoxy groups -OCH3 is 1. The molecule has 0 bridgehead atoms. The van der Waals surface area contributed by atoms with Crippen molar-refractivity contribution >= 4 is 40.0 Å². The van der Waals surface area contributed by atoms with Gasteiger partial charge in [0.2, 0.25) is 0 Å². The first-order valence-electron chi connectivity index (χ1n) is 8.38. The molecule has 3 aromatic rings. The van der Waals surface area contributed by atoms with E-state index in [0.29, 0.717) is 6.61 Å². The number of nitrogens with zero attached hydrogens (tertiary/aromatic N) is 2. The van der Waals surface area contributed by atoms with Crippen LogP contribution in [0.3, 0.4) is 0 Å². The number of hydrogen-bond donors (Lipinski definition) is 0. The van der Waals surface area contributed by atoms with E-state index in [-0.39, 0.29) is 12.2 Å². The van der Waals surface area contributed by atoms with Gasteiger partial charge in [-0.25, -0.2) is 9.78 Å². The van der Waals surface area contributed by atoms with Gasteiger partial charge in [-0.2, -0.15) is 11.3 Å². The Balaban J connectivity index is 1.72. The normalized spacial score (nSPS) is 21.3. The predicted octanol–water partition coefficient (Wildman–Crippen LogP) is 3.68. The maximum absolute atomic E-state index is 12.3. The lowest BCUT2D eigenvalue weighted by Crippen LogP contribution is -2.39. The fraction of sp³-hybridized carbons (Fsp3) is 0.200. The third-order valence-electron chi connectivity index (χ3n) is 4.89. The van der Waals surface area contributed by atoms with Crippen molar-refractivity contribution in [2.45, 2.75) is 12.3 Å². The highest BCUT2D eigenvalue weighted by Gasteiger charge is 2.44. The van der Waals surface area contributed by atoms with E-state index in [2.05, 4.69) is 11.4 Å². The number of carbonyl (C=O) groups excluding carboxylic acids is 1. The molecule has 1 fully saturated rings. The minimum atomic E-state index is -0.462. The van der Waals surface area contributed by atoms with Gasteiger partial charge in [-0.1, -0.05) is 18.2 Å². The summed E-state index contributed by atoms with van der Waals surface area (Å²) in [6, 6.07) is 11.7. The fourth-order valence-electron chi connectivity index (χ4n) is 3.67. The lowest BCUT2D eigenvalue weighted by Gasteiger charge is -2.35. The Kier molecular flexibility index (Phi) is 3.55. The van der Waals surface area contributed by atoms with E-state index in [1.54, 1.807) is 11.3 Å². The summed E-state index contributed by atoms with van der Waals surface area (Å²) >= 11 is 1.62. The number of fused-ring (bicyclic) bond motifs is 4. The standard InChI is InChI=1S/C20H16N2O3S/c1-24-20(23)18-10-25-19-14-8-12-4-2-3-5-15(12)21-16(14)9-17(22(18)19)13-6-7-26-11-13/h2-9,11,18-19H,10H2,1H3/t18-,19-/m0/s1. The van der Waals surface area contributed by atoms with Gasteiger partial charge >= 0.3 is 5.97 Å². The van der Waals surface area contributed by atoms with Crippen LogP contribution in [-0.4, -0.2) is 35.6 Å². The Labute approximate surface area is 154 Å². The molecule has 5 nitrogen and oxygen atoms in total. The molecule has 0 aliphatic carbocycles. The first-order chi connectivity index (χ1) is 12.8. The molecule has 2 aromatic heterocycles. The number of rotatable bonds is 2. The van der Waals surface area contributed by atoms with Crippen LogP contribution in [0.2, 0.25) is 0 Å². The minimum Gasteiger partial charge on any atom is -0.467 e. The molecular weight excluding hydrogens is 348 g/mol. The molecule has 0 amide bonds. The zero-order valence-electron chi connectivity index (χ0n) is 14.1. The topological polar surface area (TPSA) is 51.7 Å². The molecule has 0 N–H and O–H groups in total. The van der Waals surface area contributed by atoms with Crippen molar-refractivity contribution < 1.29 is 14.3 Å². The van der Waals surface area contributed by atoms with Gasteiger partial charge in [0.1, 0.15) is 0 Å². The van der Waals surface area contributed by atoms with Gasteiger partial charge in [-0.05, 0) is 29.7 Å². The maximum Gasteiger partial charge on any atom is 0.331 e. The number of hydrogen-bond acceptors (Lipinski definition) is 6. The Morgan fingerprint density at radius 2 is 2.23 bits per heavy atom. The van der Waals surface area contributed by atoms with E-state index in [9.17, 15) is 4.79 Å². The molecule has 1 saturated heterocycles. The Morgan fingerprint density at radius 3 is 3.04 bits per heavy atom. The molecule has 6 heteroatoms. The van der Waals surface area contributed by atoms with Crippen LogP contribution >= 0.6 is 11.3 Å². The summed E-state index contributed by atoms with van der Waals surface area (Å²) in [7, 11) is 1.41. The molecular formula is C20H16N2O3S. The Bertz CT molecular complexity index is 1030. The molecule has 4 heterocycles. The molecule has 26 heavy (non-hydrogen) atoms. The second-order valence-electron chi connectivity index (χ2n) is 6.33. The van der Waals surface area contributed by atoms with Crippen LogP contribution in [0.1, 0.15) is 23.0 Å². The first-order valence-corrected chi connectivity index (χ1v) is 9.32. The van der Waals surface area contributed by atoms with Crippen LogP contribution < -0.4 is 0 Å². The first kappa shape index (κ1) is 15.5. The number of pyridine rings is 1. The van der Waals surface area contributed by atoms with Gasteiger partial charge in [-0.15, -0.1) is 0 Å². The van der Waals surface area contributed by atoms with Gasteiger partial charge in [0.15, 0.2) is 12.3 Å². The van der Waals surface area contributed by atoms with E-state index in [1.807, 2.05) is 46.7 Å². The van der Waals surface area contributed by atoms with Crippen molar-refractivity contribution in [3.63, 3.8) is 0 Å². The number of thiophene rings is 1. The summed E-state index contributed by atoms with van der Waals surface area (Å²) in [4.78, 5) is 19.2.